The summed E-state index contributed by atoms with van der Waals surface area (Å²) in [6.07, 6.45) is 5.54. The van der Waals surface area contributed by atoms with Crippen molar-refractivity contribution >= 4 is 17.5 Å². The van der Waals surface area contributed by atoms with E-state index in [1.165, 1.54) is 0 Å². The summed E-state index contributed by atoms with van der Waals surface area (Å²) in [5.74, 6) is -0.0319. The molecule has 1 aromatic heterocycles. The number of carbonyl (C=O) groups excluding carboxylic acids is 1. The van der Waals surface area contributed by atoms with Gasteiger partial charge >= 0.3 is 0 Å². The predicted molar refractivity (Wildman–Crippen MR) is 68.3 cm³/mol. The van der Waals surface area contributed by atoms with E-state index < -0.39 is 0 Å². The van der Waals surface area contributed by atoms with E-state index in [-0.39, 0.29) is 17.3 Å². The fourth-order valence-corrected chi connectivity index (χ4v) is 2.32. The van der Waals surface area contributed by atoms with Crippen LogP contribution >= 0.6 is 11.6 Å². The summed E-state index contributed by atoms with van der Waals surface area (Å²) in [7, 11) is 0. The smallest absolute Gasteiger partial charge is 0.253 e. The van der Waals surface area contributed by atoms with Crippen LogP contribution in [0.4, 0.5) is 0 Å². The first-order valence-corrected chi connectivity index (χ1v) is 6.46. The fraction of sp³-hybridized carbons (Fsp3) is 0.538. The van der Waals surface area contributed by atoms with Crippen LogP contribution < -0.4 is 5.32 Å². The summed E-state index contributed by atoms with van der Waals surface area (Å²) in [5.41, 5.74) is 1.55. The Bertz CT molecular complexity index is 383. The first-order chi connectivity index (χ1) is 8.15. The predicted octanol–water partition coefficient (Wildman–Crippen LogP) is 2.67. The van der Waals surface area contributed by atoms with Crippen LogP contribution in [0.1, 0.15) is 41.7 Å². The highest BCUT2D eigenvalue weighted by Crippen LogP contribution is 2.22. The van der Waals surface area contributed by atoms with E-state index in [4.69, 9.17) is 11.6 Å². The molecule has 1 fully saturated rings. The maximum atomic E-state index is 11.9. The SMILES string of the molecule is Cc1ccc(C(=O)NC2CCC(Cl)CC2)cn1. The lowest BCUT2D eigenvalue weighted by molar-refractivity contribution is 0.0927. The first-order valence-electron chi connectivity index (χ1n) is 6.03. The van der Waals surface area contributed by atoms with Gasteiger partial charge in [0.1, 0.15) is 0 Å². The second-order valence-electron chi connectivity index (χ2n) is 4.61. The molecule has 2 rings (SSSR count). The monoisotopic (exact) mass is 252 g/mol. The lowest BCUT2D eigenvalue weighted by Gasteiger charge is -2.25. The van der Waals surface area contributed by atoms with Gasteiger partial charge in [-0.2, -0.15) is 0 Å². The van der Waals surface area contributed by atoms with Gasteiger partial charge in [0.25, 0.3) is 5.91 Å². The molecule has 0 aromatic carbocycles. The normalized spacial score (nSPS) is 24.4. The van der Waals surface area contributed by atoms with Crippen molar-refractivity contribution < 1.29 is 4.79 Å². The molecule has 0 saturated heterocycles. The molecule has 0 atom stereocenters. The molecule has 1 amide bonds. The van der Waals surface area contributed by atoms with Crippen molar-refractivity contribution in [2.45, 2.75) is 44.0 Å². The Kier molecular flexibility index (Phi) is 4.00. The minimum atomic E-state index is -0.0319. The van der Waals surface area contributed by atoms with Gasteiger partial charge in [0, 0.05) is 23.3 Å². The van der Waals surface area contributed by atoms with Crippen LogP contribution in [-0.2, 0) is 0 Å². The molecule has 0 spiro atoms. The highest BCUT2D eigenvalue weighted by molar-refractivity contribution is 6.20. The molecule has 0 bridgehead atoms. The number of rotatable bonds is 2. The molecule has 1 aliphatic rings. The van der Waals surface area contributed by atoms with E-state index in [9.17, 15) is 4.79 Å². The van der Waals surface area contributed by atoms with Gasteiger partial charge in [0.15, 0.2) is 0 Å². The number of hydrogen-bond acceptors (Lipinski definition) is 2. The van der Waals surface area contributed by atoms with Gasteiger partial charge in [-0.15, -0.1) is 11.6 Å². The Hall–Kier alpha value is -1.09. The average molecular weight is 253 g/mol. The highest BCUT2D eigenvalue weighted by Gasteiger charge is 2.21. The van der Waals surface area contributed by atoms with Gasteiger partial charge < -0.3 is 5.32 Å². The third-order valence-electron chi connectivity index (χ3n) is 3.17. The number of halogens is 1. The Morgan fingerprint density at radius 2 is 2.06 bits per heavy atom. The van der Waals surface area contributed by atoms with E-state index in [2.05, 4.69) is 10.3 Å². The molecule has 0 unspecified atom stereocenters. The van der Waals surface area contributed by atoms with Crippen molar-refractivity contribution in [2.24, 2.45) is 0 Å². The lowest BCUT2D eigenvalue weighted by Crippen LogP contribution is -2.37. The third-order valence-corrected chi connectivity index (χ3v) is 3.60. The van der Waals surface area contributed by atoms with Crippen molar-refractivity contribution in [3.05, 3.63) is 29.6 Å². The standard InChI is InChI=1S/C13H17ClN2O/c1-9-2-3-10(8-15-9)13(17)16-12-6-4-11(14)5-7-12/h2-3,8,11-12H,4-7H2,1H3,(H,16,17). The fourth-order valence-electron chi connectivity index (χ4n) is 2.07. The average Bonchev–Trinajstić information content (AvgIpc) is 2.33. The summed E-state index contributed by atoms with van der Waals surface area (Å²) in [5, 5.41) is 3.32. The van der Waals surface area contributed by atoms with E-state index in [1.807, 2.05) is 19.1 Å². The molecule has 0 aliphatic heterocycles. The number of nitrogens with one attached hydrogen (secondary N) is 1. The second kappa shape index (κ2) is 5.50. The minimum Gasteiger partial charge on any atom is -0.349 e. The van der Waals surface area contributed by atoms with Gasteiger partial charge in [0.05, 0.1) is 5.56 Å². The Morgan fingerprint density at radius 1 is 1.35 bits per heavy atom. The van der Waals surface area contributed by atoms with E-state index in [1.54, 1.807) is 6.20 Å². The molecule has 4 heteroatoms. The first kappa shape index (κ1) is 12.4. The summed E-state index contributed by atoms with van der Waals surface area (Å²) < 4.78 is 0. The number of aromatic nitrogens is 1. The summed E-state index contributed by atoms with van der Waals surface area (Å²) in [4.78, 5) is 16.0. The van der Waals surface area contributed by atoms with Crippen LogP contribution in [0, 0.1) is 6.92 Å². The van der Waals surface area contributed by atoms with Gasteiger partial charge in [-0.25, -0.2) is 0 Å². The van der Waals surface area contributed by atoms with E-state index in [0.29, 0.717) is 5.56 Å². The molecule has 1 aromatic rings. The topological polar surface area (TPSA) is 42.0 Å². The zero-order valence-corrected chi connectivity index (χ0v) is 10.7. The van der Waals surface area contributed by atoms with Crippen LogP contribution in [0.3, 0.4) is 0 Å². The highest BCUT2D eigenvalue weighted by atomic mass is 35.5. The summed E-state index contributed by atoms with van der Waals surface area (Å²) >= 11 is 6.03. The Labute approximate surface area is 107 Å². The quantitative estimate of drug-likeness (QED) is 0.823. The molecule has 1 N–H and O–H groups in total. The van der Waals surface area contributed by atoms with Crippen molar-refractivity contribution in [1.29, 1.82) is 0 Å². The van der Waals surface area contributed by atoms with Crippen LogP contribution in [0.2, 0.25) is 0 Å². The zero-order valence-electron chi connectivity index (χ0n) is 9.95. The summed E-state index contributed by atoms with van der Waals surface area (Å²) in [6, 6.07) is 3.92. The Balaban J connectivity index is 1.91. The van der Waals surface area contributed by atoms with E-state index >= 15 is 0 Å². The van der Waals surface area contributed by atoms with Crippen molar-refractivity contribution in [1.82, 2.24) is 10.3 Å². The Morgan fingerprint density at radius 3 is 2.65 bits per heavy atom. The number of alkyl halides is 1. The number of aryl methyl sites for hydroxylation is 1. The van der Waals surface area contributed by atoms with Crippen LogP contribution in [0.25, 0.3) is 0 Å². The largest absolute Gasteiger partial charge is 0.349 e. The third kappa shape index (κ3) is 3.43. The number of carbonyl (C=O) groups is 1. The lowest BCUT2D eigenvalue weighted by atomic mass is 9.95. The van der Waals surface area contributed by atoms with Gasteiger partial charge in [-0.1, -0.05) is 0 Å². The molecule has 92 valence electrons. The molecule has 1 saturated carbocycles. The van der Waals surface area contributed by atoms with Gasteiger partial charge in [-0.05, 0) is 44.7 Å². The maximum Gasteiger partial charge on any atom is 0.253 e. The number of hydrogen-bond donors (Lipinski definition) is 1. The van der Waals surface area contributed by atoms with Gasteiger partial charge in [0.2, 0.25) is 0 Å². The van der Waals surface area contributed by atoms with Crippen LogP contribution in [-0.4, -0.2) is 22.3 Å². The second-order valence-corrected chi connectivity index (χ2v) is 5.23. The maximum absolute atomic E-state index is 11.9. The molecule has 1 heterocycles. The minimum absolute atomic E-state index is 0.0319. The number of pyridine rings is 1. The van der Waals surface area contributed by atoms with Crippen LogP contribution in [0.15, 0.2) is 18.3 Å². The summed E-state index contributed by atoms with van der Waals surface area (Å²) in [6.45, 7) is 1.91. The van der Waals surface area contributed by atoms with E-state index in [0.717, 1.165) is 31.4 Å². The molecular formula is C13H17ClN2O. The van der Waals surface area contributed by atoms with Crippen molar-refractivity contribution in [3.63, 3.8) is 0 Å². The number of amides is 1. The molecule has 17 heavy (non-hydrogen) atoms. The molecule has 0 radical (unpaired) electrons. The van der Waals surface area contributed by atoms with Crippen molar-refractivity contribution in [3.8, 4) is 0 Å². The van der Waals surface area contributed by atoms with Gasteiger partial charge in [-0.3, -0.25) is 9.78 Å². The van der Waals surface area contributed by atoms with Crippen LogP contribution in [0.5, 0.6) is 0 Å². The molecule has 1 aliphatic carbocycles. The van der Waals surface area contributed by atoms with Crippen molar-refractivity contribution in [2.75, 3.05) is 0 Å². The number of nitrogens with zero attached hydrogens (tertiary/aromatic N) is 1. The molecular weight excluding hydrogens is 236 g/mol. The zero-order chi connectivity index (χ0) is 12.3. The molecule has 3 nitrogen and oxygen atoms in total.